The monoisotopic (exact) mass is 359 g/mol. The molecule has 3 rings (SSSR count). The number of halogens is 3. The van der Waals surface area contributed by atoms with Crippen LogP contribution in [0, 0.1) is 13.8 Å². The highest BCUT2D eigenvalue weighted by molar-refractivity contribution is 5.73. The maximum absolute atomic E-state index is 12.8. The minimum absolute atomic E-state index is 0.0824. The summed E-state index contributed by atoms with van der Waals surface area (Å²) < 4.78 is 38.3. The third-order valence-electron chi connectivity index (χ3n) is 3.78. The second-order valence-corrected chi connectivity index (χ2v) is 5.79. The van der Waals surface area contributed by atoms with E-state index < -0.39 is 11.7 Å². The molecule has 1 aromatic heterocycles. The van der Waals surface area contributed by atoms with E-state index in [1.165, 1.54) is 6.07 Å². The first-order valence-corrected chi connectivity index (χ1v) is 7.91. The Bertz CT molecular complexity index is 969. The Hall–Kier alpha value is -2.96. The minimum Gasteiger partial charge on any atom is -0.390 e. The first-order chi connectivity index (χ1) is 12.3. The van der Waals surface area contributed by atoms with Gasteiger partial charge in [0.25, 0.3) is 0 Å². The number of nitrogens with zero attached hydrogens (tertiary/aromatic N) is 3. The molecule has 0 saturated carbocycles. The number of rotatable bonds is 3. The number of para-hydroxylation sites is 2. The van der Waals surface area contributed by atoms with Gasteiger partial charge in [-0.15, -0.1) is 0 Å². The highest BCUT2D eigenvalue weighted by atomic mass is 19.4. The number of benzene rings is 2. The van der Waals surface area contributed by atoms with Crippen molar-refractivity contribution in [3.63, 3.8) is 0 Å². The quantitative estimate of drug-likeness (QED) is 0.655. The fraction of sp³-hybridized carbons (Fsp3) is 0.211. The van der Waals surface area contributed by atoms with Gasteiger partial charge in [-0.3, -0.25) is 0 Å². The summed E-state index contributed by atoms with van der Waals surface area (Å²) in [5.41, 5.74) is 2.37. The van der Waals surface area contributed by atoms with Gasteiger partial charge in [0.15, 0.2) is 0 Å². The van der Waals surface area contributed by atoms with Gasteiger partial charge in [0.2, 0.25) is 0 Å². The van der Waals surface area contributed by atoms with E-state index in [-0.39, 0.29) is 6.61 Å². The lowest BCUT2D eigenvalue weighted by Crippen LogP contribution is -2.12. The van der Waals surface area contributed by atoms with Crippen LogP contribution >= 0.6 is 0 Å². The summed E-state index contributed by atoms with van der Waals surface area (Å²) >= 11 is 0. The van der Waals surface area contributed by atoms with Crippen molar-refractivity contribution in [2.45, 2.75) is 26.6 Å². The molecule has 2 aromatic carbocycles. The van der Waals surface area contributed by atoms with Gasteiger partial charge in [-0.1, -0.05) is 29.4 Å². The van der Waals surface area contributed by atoms with Crippen LogP contribution in [0.5, 0.6) is 0 Å². The van der Waals surface area contributed by atoms with E-state index in [2.05, 4.69) is 15.1 Å². The summed E-state index contributed by atoms with van der Waals surface area (Å²) in [6, 6.07) is 12.4. The Morgan fingerprint density at radius 1 is 0.923 bits per heavy atom. The predicted octanol–water partition coefficient (Wildman–Crippen LogP) is 4.30. The summed E-state index contributed by atoms with van der Waals surface area (Å²) in [7, 11) is 0. The zero-order chi connectivity index (χ0) is 18.7. The fourth-order valence-electron chi connectivity index (χ4n) is 2.52. The number of hydrogen-bond acceptors (Lipinski definition) is 4. The molecule has 0 aliphatic carbocycles. The molecule has 0 atom stereocenters. The molecular formula is C19H16F3N3O. The number of alkyl halides is 3. The summed E-state index contributed by atoms with van der Waals surface area (Å²) in [4.78, 5) is 14.3. The SMILES string of the molecule is Cc1nc2ccccc2nc(C)c1=NOCc1cccc(C(F)(F)F)c1. The predicted molar refractivity (Wildman–Crippen MR) is 90.8 cm³/mol. The van der Waals surface area contributed by atoms with E-state index in [9.17, 15) is 13.2 Å². The summed E-state index contributed by atoms with van der Waals surface area (Å²) in [6.07, 6.45) is -4.39. The van der Waals surface area contributed by atoms with Crippen LogP contribution in [0.3, 0.4) is 0 Å². The van der Waals surface area contributed by atoms with Gasteiger partial charge in [-0.05, 0) is 43.7 Å². The molecule has 7 heteroatoms. The molecule has 0 radical (unpaired) electrons. The first kappa shape index (κ1) is 17.8. The molecule has 0 amide bonds. The van der Waals surface area contributed by atoms with Crippen molar-refractivity contribution in [2.75, 3.05) is 0 Å². The summed E-state index contributed by atoms with van der Waals surface area (Å²) in [5.74, 6) is 0. The number of hydrogen-bond donors (Lipinski definition) is 0. The van der Waals surface area contributed by atoms with Crippen LogP contribution in [-0.2, 0) is 17.6 Å². The van der Waals surface area contributed by atoms with Crippen molar-refractivity contribution in [3.8, 4) is 0 Å². The van der Waals surface area contributed by atoms with E-state index in [1.54, 1.807) is 19.9 Å². The van der Waals surface area contributed by atoms with Gasteiger partial charge < -0.3 is 4.84 Å². The van der Waals surface area contributed by atoms with Crippen molar-refractivity contribution in [1.29, 1.82) is 0 Å². The van der Waals surface area contributed by atoms with Crippen molar-refractivity contribution < 1.29 is 18.0 Å². The molecule has 0 unspecified atom stereocenters. The highest BCUT2D eigenvalue weighted by Crippen LogP contribution is 2.29. The van der Waals surface area contributed by atoms with Gasteiger partial charge in [-0.2, -0.15) is 13.2 Å². The largest absolute Gasteiger partial charge is 0.416 e. The second-order valence-electron chi connectivity index (χ2n) is 5.79. The molecule has 0 aliphatic heterocycles. The Labute approximate surface area is 148 Å². The third kappa shape index (κ3) is 3.99. The molecule has 134 valence electrons. The van der Waals surface area contributed by atoms with Crippen molar-refractivity contribution in [1.82, 2.24) is 9.97 Å². The molecule has 0 fully saturated rings. The van der Waals surface area contributed by atoms with Crippen LogP contribution in [0.1, 0.15) is 22.5 Å². The standard InChI is InChI=1S/C19H16F3N3O/c1-12-18(13(2)24-17-9-4-3-8-16(17)23-12)25-26-11-14-6-5-7-15(10-14)19(20,21)22/h3-10H,11H2,1-2H3. The van der Waals surface area contributed by atoms with E-state index in [0.717, 1.165) is 23.2 Å². The van der Waals surface area contributed by atoms with Crippen LogP contribution in [-0.4, -0.2) is 9.97 Å². The Morgan fingerprint density at radius 3 is 2.12 bits per heavy atom. The minimum atomic E-state index is -4.39. The van der Waals surface area contributed by atoms with E-state index in [1.807, 2.05) is 24.3 Å². The molecular weight excluding hydrogens is 343 g/mol. The molecule has 0 aliphatic rings. The number of aryl methyl sites for hydroxylation is 2. The second kappa shape index (κ2) is 7.11. The average Bonchev–Trinajstić information content (AvgIpc) is 2.71. The molecule has 1 heterocycles. The first-order valence-electron chi connectivity index (χ1n) is 7.91. The fourth-order valence-corrected chi connectivity index (χ4v) is 2.52. The van der Waals surface area contributed by atoms with Gasteiger partial charge in [0, 0.05) is 0 Å². The average molecular weight is 359 g/mol. The molecule has 4 nitrogen and oxygen atoms in total. The zero-order valence-electron chi connectivity index (χ0n) is 14.2. The van der Waals surface area contributed by atoms with Crippen LogP contribution < -0.4 is 5.36 Å². The Kier molecular flexibility index (Phi) is 4.88. The lowest BCUT2D eigenvalue weighted by atomic mass is 10.1. The van der Waals surface area contributed by atoms with Gasteiger partial charge in [-0.25, -0.2) is 9.97 Å². The molecule has 0 N–H and O–H groups in total. The maximum atomic E-state index is 12.8. The molecule has 0 bridgehead atoms. The van der Waals surface area contributed by atoms with Crippen LogP contribution in [0.25, 0.3) is 11.0 Å². The van der Waals surface area contributed by atoms with E-state index in [0.29, 0.717) is 22.3 Å². The molecule has 0 spiro atoms. The summed E-state index contributed by atoms with van der Waals surface area (Å²) in [6.45, 7) is 3.49. The lowest BCUT2D eigenvalue weighted by molar-refractivity contribution is -0.137. The van der Waals surface area contributed by atoms with Crippen molar-refractivity contribution in [2.24, 2.45) is 5.16 Å². The Balaban J connectivity index is 1.90. The number of aromatic nitrogens is 2. The molecule has 0 saturated heterocycles. The van der Waals surface area contributed by atoms with Crippen LogP contribution in [0.2, 0.25) is 0 Å². The smallest absolute Gasteiger partial charge is 0.390 e. The Morgan fingerprint density at radius 2 is 1.54 bits per heavy atom. The van der Waals surface area contributed by atoms with Crippen molar-refractivity contribution >= 4 is 11.0 Å². The van der Waals surface area contributed by atoms with E-state index >= 15 is 0 Å². The van der Waals surface area contributed by atoms with Crippen LogP contribution in [0.15, 0.2) is 53.7 Å². The topological polar surface area (TPSA) is 47.4 Å². The van der Waals surface area contributed by atoms with Crippen LogP contribution in [0.4, 0.5) is 13.2 Å². The highest BCUT2D eigenvalue weighted by Gasteiger charge is 2.30. The molecule has 26 heavy (non-hydrogen) atoms. The zero-order valence-corrected chi connectivity index (χ0v) is 14.2. The number of fused-ring (bicyclic) bond motifs is 1. The molecule has 3 aromatic rings. The summed E-state index contributed by atoms with van der Waals surface area (Å²) in [5, 5.41) is 4.52. The van der Waals surface area contributed by atoms with Gasteiger partial charge >= 0.3 is 6.18 Å². The van der Waals surface area contributed by atoms with E-state index in [4.69, 9.17) is 4.84 Å². The lowest BCUT2D eigenvalue weighted by Gasteiger charge is -2.07. The van der Waals surface area contributed by atoms with Gasteiger partial charge in [0.05, 0.1) is 28.0 Å². The van der Waals surface area contributed by atoms with Crippen molar-refractivity contribution in [3.05, 3.63) is 76.4 Å². The maximum Gasteiger partial charge on any atom is 0.416 e. The van der Waals surface area contributed by atoms with Gasteiger partial charge in [0.1, 0.15) is 12.0 Å². The normalized spacial score (nSPS) is 11.4. The third-order valence-corrected chi connectivity index (χ3v) is 3.78.